The number of benzene rings is 2. The lowest BCUT2D eigenvalue weighted by Gasteiger charge is -2.22. The maximum Gasteiger partial charge on any atom is 0.414 e. The van der Waals surface area contributed by atoms with Crippen molar-refractivity contribution in [2.45, 2.75) is 36.4 Å². The van der Waals surface area contributed by atoms with Crippen molar-refractivity contribution in [1.29, 1.82) is 0 Å². The number of fused-ring (bicyclic) bond motifs is 2. The van der Waals surface area contributed by atoms with Crippen LogP contribution in [0.5, 0.6) is 0 Å². The summed E-state index contributed by atoms with van der Waals surface area (Å²) in [5.41, 5.74) is 5.32. The molecule has 44 heavy (non-hydrogen) atoms. The molecule has 0 unspecified atom stereocenters. The SMILES string of the molecule is C[C@]1(Cl)CNCCc2ccccc21.C[C@]1(Cl)CNCCc2ccccc21.O=C(O)C(=O)O.O=C(O)C(=O)O.O=C(O)C(=O)O. The molecule has 0 aliphatic carbocycles. The molecule has 0 aromatic heterocycles. The van der Waals surface area contributed by atoms with Crippen molar-refractivity contribution in [2.75, 3.05) is 26.2 Å². The molecular weight excluding hydrogens is 627 g/mol. The maximum atomic E-state index is 9.10. The molecule has 16 heteroatoms. The minimum Gasteiger partial charge on any atom is -0.473 e. The van der Waals surface area contributed by atoms with Gasteiger partial charge in [0.25, 0.3) is 0 Å². The van der Waals surface area contributed by atoms with Gasteiger partial charge < -0.3 is 41.3 Å². The zero-order valence-corrected chi connectivity index (χ0v) is 25.3. The molecule has 2 aromatic carbocycles. The van der Waals surface area contributed by atoms with E-state index in [1.807, 2.05) is 0 Å². The van der Waals surface area contributed by atoms with E-state index in [9.17, 15) is 0 Å². The average Bonchev–Trinajstić information content (AvgIpc) is 3.20. The van der Waals surface area contributed by atoms with Gasteiger partial charge in [-0.3, -0.25) is 0 Å². The first-order valence-electron chi connectivity index (χ1n) is 12.7. The zero-order valence-electron chi connectivity index (χ0n) is 23.8. The van der Waals surface area contributed by atoms with Crippen molar-refractivity contribution in [3.05, 3.63) is 70.8 Å². The third-order valence-corrected chi connectivity index (χ3v) is 6.44. The monoisotopic (exact) mass is 660 g/mol. The Morgan fingerprint density at radius 3 is 1.05 bits per heavy atom. The molecule has 4 rings (SSSR count). The lowest BCUT2D eigenvalue weighted by Crippen LogP contribution is -2.29. The van der Waals surface area contributed by atoms with Crippen LogP contribution < -0.4 is 10.6 Å². The van der Waals surface area contributed by atoms with Gasteiger partial charge in [-0.25, -0.2) is 28.8 Å². The predicted molar refractivity (Wildman–Crippen MR) is 158 cm³/mol. The largest absolute Gasteiger partial charge is 0.473 e. The second-order valence-electron chi connectivity index (χ2n) is 9.39. The Labute approximate surface area is 262 Å². The average molecular weight is 661 g/mol. The second-order valence-corrected chi connectivity index (χ2v) is 11.1. The topological polar surface area (TPSA) is 248 Å². The molecule has 2 aromatic rings. The summed E-state index contributed by atoms with van der Waals surface area (Å²) < 4.78 is 0. The summed E-state index contributed by atoms with van der Waals surface area (Å²) in [6.07, 6.45) is 2.16. The smallest absolute Gasteiger partial charge is 0.414 e. The number of hydrogen-bond acceptors (Lipinski definition) is 8. The Balaban J connectivity index is 0.000000558. The molecule has 8 N–H and O–H groups in total. The molecule has 2 atom stereocenters. The Hall–Kier alpha value is -4.24. The zero-order chi connectivity index (χ0) is 34.1. The number of aliphatic carboxylic acids is 6. The van der Waals surface area contributed by atoms with Crippen LogP contribution >= 0.6 is 23.2 Å². The highest BCUT2D eigenvalue weighted by Gasteiger charge is 2.28. The fourth-order valence-corrected chi connectivity index (χ4v) is 4.33. The van der Waals surface area contributed by atoms with Crippen LogP contribution in [0.4, 0.5) is 0 Å². The van der Waals surface area contributed by atoms with E-state index in [1.54, 1.807) is 0 Å². The van der Waals surface area contributed by atoms with Gasteiger partial charge in [0.2, 0.25) is 0 Å². The van der Waals surface area contributed by atoms with Gasteiger partial charge in [-0.05, 0) is 62.0 Å². The summed E-state index contributed by atoms with van der Waals surface area (Å²) in [6, 6.07) is 16.9. The highest BCUT2D eigenvalue weighted by molar-refractivity contribution is 6.28. The summed E-state index contributed by atoms with van der Waals surface area (Å²) >= 11 is 12.9. The fraction of sp³-hybridized carbons (Fsp3) is 0.357. The molecule has 2 heterocycles. The summed E-state index contributed by atoms with van der Waals surface area (Å²) in [4.78, 5) is 54.1. The van der Waals surface area contributed by atoms with Crippen molar-refractivity contribution in [3.63, 3.8) is 0 Å². The second kappa shape index (κ2) is 19.1. The van der Waals surface area contributed by atoms with Crippen LogP contribution in [-0.4, -0.2) is 92.6 Å². The normalized spacial score (nSPS) is 19.5. The summed E-state index contributed by atoms with van der Waals surface area (Å²) in [5, 5.41) is 51.1. The Kier molecular flexibility index (Phi) is 17.3. The molecule has 2 aliphatic rings. The minimum absolute atomic E-state index is 0.243. The molecule has 0 radical (unpaired) electrons. The van der Waals surface area contributed by atoms with E-state index in [0.717, 1.165) is 39.0 Å². The quantitative estimate of drug-likeness (QED) is 0.149. The van der Waals surface area contributed by atoms with E-state index in [1.165, 1.54) is 22.3 Å². The van der Waals surface area contributed by atoms with Crippen molar-refractivity contribution < 1.29 is 59.4 Å². The standard InChI is InChI=1S/2C11H14ClN.3C2H2O4/c2*1-11(12)8-13-7-6-9-4-2-3-5-10(9)11;3*3-1(4)2(5)6/h2*2-5,13H,6-8H2,1H3;3*(H,3,4)(H,5,6)/t2*11-;;;/m00.../s1. The number of carboxylic acids is 6. The number of nitrogens with one attached hydrogen (secondary N) is 2. The van der Waals surface area contributed by atoms with Crippen LogP contribution in [-0.2, 0) is 51.4 Å². The number of rotatable bonds is 0. The molecule has 242 valence electrons. The third-order valence-electron chi connectivity index (χ3n) is 5.76. The molecule has 0 amide bonds. The van der Waals surface area contributed by atoms with E-state index >= 15 is 0 Å². The van der Waals surface area contributed by atoms with Crippen LogP contribution in [0.2, 0.25) is 0 Å². The van der Waals surface area contributed by atoms with Crippen LogP contribution in [0, 0.1) is 0 Å². The van der Waals surface area contributed by atoms with Crippen LogP contribution in [0.15, 0.2) is 48.5 Å². The maximum absolute atomic E-state index is 9.10. The van der Waals surface area contributed by atoms with Gasteiger partial charge >= 0.3 is 35.8 Å². The number of halogens is 2. The van der Waals surface area contributed by atoms with Crippen molar-refractivity contribution in [3.8, 4) is 0 Å². The third kappa shape index (κ3) is 15.3. The molecule has 0 spiro atoms. The molecule has 0 bridgehead atoms. The number of alkyl halides is 2. The molecule has 0 saturated carbocycles. The van der Waals surface area contributed by atoms with Crippen LogP contribution in [0.3, 0.4) is 0 Å². The number of carboxylic acid groups (broad SMARTS) is 6. The summed E-state index contributed by atoms with van der Waals surface area (Å²) in [6.45, 7) is 7.91. The van der Waals surface area contributed by atoms with Gasteiger partial charge in [0, 0.05) is 13.1 Å². The molecule has 0 fully saturated rings. The first-order valence-corrected chi connectivity index (χ1v) is 13.4. The molecular formula is C28H34Cl2N2O12. The van der Waals surface area contributed by atoms with Gasteiger partial charge in [0.15, 0.2) is 0 Å². The number of hydrogen-bond donors (Lipinski definition) is 8. The minimum atomic E-state index is -1.82. The molecule has 14 nitrogen and oxygen atoms in total. The van der Waals surface area contributed by atoms with Crippen LogP contribution in [0.25, 0.3) is 0 Å². The Morgan fingerprint density at radius 2 is 0.795 bits per heavy atom. The summed E-state index contributed by atoms with van der Waals surface area (Å²) in [7, 11) is 0. The fourth-order valence-electron chi connectivity index (χ4n) is 3.78. The van der Waals surface area contributed by atoms with E-state index in [4.69, 9.17) is 82.6 Å². The Bertz CT molecular complexity index is 1160. The first kappa shape index (κ1) is 39.8. The van der Waals surface area contributed by atoms with Crippen LogP contribution in [0.1, 0.15) is 36.1 Å². The van der Waals surface area contributed by atoms with Gasteiger partial charge in [0.1, 0.15) is 0 Å². The van der Waals surface area contributed by atoms with E-state index in [2.05, 4.69) is 73.0 Å². The summed E-state index contributed by atoms with van der Waals surface area (Å²) in [5.74, 6) is -10.9. The lowest BCUT2D eigenvalue weighted by atomic mass is 9.95. The van der Waals surface area contributed by atoms with Crippen molar-refractivity contribution >= 4 is 59.0 Å². The number of carbonyl (C=O) groups is 6. The molecule has 0 saturated heterocycles. The van der Waals surface area contributed by atoms with Crippen molar-refractivity contribution in [2.24, 2.45) is 0 Å². The van der Waals surface area contributed by atoms with Gasteiger partial charge in [-0.2, -0.15) is 0 Å². The van der Waals surface area contributed by atoms with Gasteiger partial charge in [0.05, 0.1) is 9.75 Å². The van der Waals surface area contributed by atoms with Gasteiger partial charge in [-0.15, -0.1) is 23.2 Å². The molecule has 2 aliphatic heterocycles. The Morgan fingerprint density at radius 1 is 0.545 bits per heavy atom. The highest BCUT2D eigenvalue weighted by atomic mass is 35.5. The van der Waals surface area contributed by atoms with Crippen molar-refractivity contribution in [1.82, 2.24) is 10.6 Å². The lowest BCUT2D eigenvalue weighted by molar-refractivity contribution is -0.159. The van der Waals surface area contributed by atoms with E-state index in [-0.39, 0.29) is 9.75 Å². The van der Waals surface area contributed by atoms with E-state index in [0.29, 0.717) is 0 Å². The highest BCUT2D eigenvalue weighted by Crippen LogP contribution is 2.33. The predicted octanol–water partition coefficient (Wildman–Crippen LogP) is 2.04. The van der Waals surface area contributed by atoms with E-state index < -0.39 is 35.8 Å². The van der Waals surface area contributed by atoms with Gasteiger partial charge in [-0.1, -0.05) is 48.5 Å². The first-order chi connectivity index (χ1) is 20.3.